The number of rotatable bonds is 3. The Morgan fingerprint density at radius 2 is 2.05 bits per heavy atom. The summed E-state index contributed by atoms with van der Waals surface area (Å²) in [6, 6.07) is 4.72. The van der Waals surface area contributed by atoms with E-state index in [0.29, 0.717) is 5.92 Å². The molecule has 3 rings (SSSR count). The lowest BCUT2D eigenvalue weighted by molar-refractivity contribution is -0.384. The van der Waals surface area contributed by atoms with Crippen LogP contribution in [0.15, 0.2) is 18.2 Å². The molecule has 0 amide bonds. The Morgan fingerprint density at radius 3 is 2.64 bits per heavy atom. The molecule has 0 aliphatic carbocycles. The molecule has 22 heavy (non-hydrogen) atoms. The van der Waals surface area contributed by atoms with Gasteiger partial charge >= 0.3 is 0 Å². The van der Waals surface area contributed by atoms with Crippen molar-refractivity contribution in [3.8, 4) is 5.13 Å². The van der Waals surface area contributed by atoms with E-state index in [1.165, 1.54) is 23.0 Å². The summed E-state index contributed by atoms with van der Waals surface area (Å²) < 4.78 is 2.63. The Bertz CT molecular complexity index is 879. The van der Waals surface area contributed by atoms with E-state index in [4.69, 9.17) is 0 Å². The second kappa shape index (κ2) is 5.17. The number of fused-ring (bicyclic) bond motifs is 1. The third-order valence-electron chi connectivity index (χ3n) is 3.68. The van der Waals surface area contributed by atoms with Gasteiger partial charge in [0, 0.05) is 17.8 Å². The van der Waals surface area contributed by atoms with Gasteiger partial charge in [0.1, 0.15) is 0 Å². The number of thiazole rings is 1. The molecule has 114 valence electrons. The zero-order valence-corrected chi connectivity index (χ0v) is 13.6. The lowest BCUT2D eigenvalue weighted by atomic mass is 10.0. The highest BCUT2D eigenvalue weighted by Gasteiger charge is 2.18. The van der Waals surface area contributed by atoms with Crippen LogP contribution in [0.5, 0.6) is 0 Å². The van der Waals surface area contributed by atoms with Crippen molar-refractivity contribution >= 4 is 27.2 Å². The fourth-order valence-corrected chi connectivity index (χ4v) is 3.78. The summed E-state index contributed by atoms with van der Waals surface area (Å²) in [6.07, 6.45) is 0. The van der Waals surface area contributed by atoms with Crippen LogP contribution in [-0.4, -0.2) is 19.7 Å². The first-order valence-electron chi connectivity index (χ1n) is 7.00. The van der Waals surface area contributed by atoms with Crippen LogP contribution < -0.4 is 0 Å². The molecule has 0 fully saturated rings. The van der Waals surface area contributed by atoms with Gasteiger partial charge in [-0.3, -0.25) is 10.1 Å². The van der Waals surface area contributed by atoms with Crippen molar-refractivity contribution in [2.75, 3.05) is 0 Å². The van der Waals surface area contributed by atoms with Crippen LogP contribution in [0.4, 0.5) is 5.69 Å². The third-order valence-corrected chi connectivity index (χ3v) is 4.67. The van der Waals surface area contributed by atoms with Crippen LogP contribution >= 0.6 is 11.3 Å². The minimum atomic E-state index is -0.390. The molecule has 2 aromatic heterocycles. The van der Waals surface area contributed by atoms with Gasteiger partial charge in [-0.25, -0.2) is 9.67 Å². The molecule has 0 aliphatic rings. The van der Waals surface area contributed by atoms with E-state index >= 15 is 0 Å². The van der Waals surface area contributed by atoms with Gasteiger partial charge in [0.25, 0.3) is 5.69 Å². The second-order valence-electron chi connectivity index (χ2n) is 5.56. The molecule has 0 saturated heterocycles. The lowest BCUT2D eigenvalue weighted by Crippen LogP contribution is -1.99. The Morgan fingerprint density at radius 1 is 1.32 bits per heavy atom. The largest absolute Gasteiger partial charge is 0.270 e. The van der Waals surface area contributed by atoms with Gasteiger partial charge < -0.3 is 0 Å². The predicted octanol–water partition coefficient (Wildman–Crippen LogP) is 4.13. The average Bonchev–Trinajstić information content (AvgIpc) is 2.98. The molecule has 2 heterocycles. The summed E-state index contributed by atoms with van der Waals surface area (Å²) in [6.45, 7) is 8.31. The second-order valence-corrected chi connectivity index (χ2v) is 6.57. The van der Waals surface area contributed by atoms with E-state index in [1.54, 1.807) is 12.1 Å². The minimum absolute atomic E-state index is 0.0823. The summed E-state index contributed by atoms with van der Waals surface area (Å²) >= 11 is 1.41. The summed E-state index contributed by atoms with van der Waals surface area (Å²) in [4.78, 5) is 15.0. The van der Waals surface area contributed by atoms with Gasteiger partial charge in [0.2, 0.25) is 5.13 Å². The normalized spacial score (nSPS) is 11.5. The SMILES string of the molecule is Cc1nn(-c2nc3ccc([N+](=O)[O-])cc3s2)c(C)c1C(C)C. The maximum Gasteiger partial charge on any atom is 0.270 e. The highest BCUT2D eigenvalue weighted by molar-refractivity contribution is 7.20. The van der Waals surface area contributed by atoms with Gasteiger partial charge in [0.05, 0.1) is 20.8 Å². The molecule has 7 heteroatoms. The molecule has 0 unspecified atom stereocenters. The number of nitro groups is 1. The van der Waals surface area contributed by atoms with E-state index in [-0.39, 0.29) is 10.6 Å². The van der Waals surface area contributed by atoms with Crippen LogP contribution in [0, 0.1) is 24.0 Å². The lowest BCUT2D eigenvalue weighted by Gasteiger charge is -2.05. The maximum atomic E-state index is 10.9. The number of hydrogen-bond acceptors (Lipinski definition) is 5. The Kier molecular flexibility index (Phi) is 3.44. The number of aryl methyl sites for hydroxylation is 1. The van der Waals surface area contributed by atoms with Crippen LogP contribution in [0.3, 0.4) is 0 Å². The summed E-state index contributed by atoms with van der Waals surface area (Å²) in [5.74, 6) is 0.393. The van der Waals surface area contributed by atoms with Crippen LogP contribution in [0.1, 0.15) is 36.7 Å². The summed E-state index contributed by atoms with van der Waals surface area (Å²) in [7, 11) is 0. The first-order chi connectivity index (χ1) is 10.4. The number of aromatic nitrogens is 3. The van der Waals surface area contributed by atoms with Crippen molar-refractivity contribution in [3.05, 3.63) is 45.3 Å². The topological polar surface area (TPSA) is 73.8 Å². The van der Waals surface area contributed by atoms with Crippen LogP contribution in [0.25, 0.3) is 15.3 Å². The van der Waals surface area contributed by atoms with Crippen molar-refractivity contribution in [1.29, 1.82) is 0 Å². The molecule has 0 radical (unpaired) electrons. The quantitative estimate of drug-likeness (QED) is 0.538. The van der Waals surface area contributed by atoms with Crippen molar-refractivity contribution < 1.29 is 4.92 Å². The summed E-state index contributed by atoms with van der Waals surface area (Å²) in [5, 5.41) is 16.2. The van der Waals surface area contributed by atoms with Crippen LogP contribution in [0.2, 0.25) is 0 Å². The Labute approximate surface area is 131 Å². The number of benzene rings is 1. The van der Waals surface area contributed by atoms with Gasteiger partial charge in [-0.15, -0.1) is 0 Å². The molecule has 0 spiro atoms. The molecule has 3 aromatic rings. The van der Waals surface area contributed by atoms with Gasteiger partial charge in [-0.05, 0) is 31.4 Å². The van der Waals surface area contributed by atoms with E-state index < -0.39 is 0 Å². The van der Waals surface area contributed by atoms with Gasteiger partial charge in [-0.2, -0.15) is 5.10 Å². The first kappa shape index (κ1) is 14.6. The van der Waals surface area contributed by atoms with Crippen molar-refractivity contribution in [3.63, 3.8) is 0 Å². The highest BCUT2D eigenvalue weighted by Crippen LogP contribution is 2.31. The maximum absolute atomic E-state index is 10.9. The highest BCUT2D eigenvalue weighted by atomic mass is 32.1. The average molecular weight is 316 g/mol. The molecule has 0 N–H and O–H groups in total. The van der Waals surface area contributed by atoms with E-state index in [1.807, 2.05) is 18.5 Å². The van der Waals surface area contributed by atoms with Crippen molar-refractivity contribution in [2.45, 2.75) is 33.6 Å². The molecular formula is C15H16N4O2S. The Balaban J connectivity index is 2.15. The van der Waals surface area contributed by atoms with E-state index in [2.05, 4.69) is 23.9 Å². The molecule has 6 nitrogen and oxygen atoms in total. The van der Waals surface area contributed by atoms with Crippen molar-refractivity contribution in [2.24, 2.45) is 0 Å². The standard InChI is InChI=1S/C15H16N4O2S/c1-8(2)14-9(3)17-18(10(14)4)15-16-12-6-5-11(19(20)21)7-13(12)22-15/h5-8H,1-4H3. The van der Waals surface area contributed by atoms with E-state index in [9.17, 15) is 10.1 Å². The summed E-state index contributed by atoms with van der Waals surface area (Å²) in [5.41, 5.74) is 4.13. The molecular weight excluding hydrogens is 300 g/mol. The van der Waals surface area contributed by atoms with E-state index in [0.717, 1.165) is 26.7 Å². The number of non-ortho nitro benzene ring substituents is 1. The third kappa shape index (κ3) is 2.27. The number of nitrogens with zero attached hydrogens (tertiary/aromatic N) is 4. The fraction of sp³-hybridized carbons (Fsp3) is 0.333. The first-order valence-corrected chi connectivity index (χ1v) is 7.81. The predicted molar refractivity (Wildman–Crippen MR) is 87.0 cm³/mol. The minimum Gasteiger partial charge on any atom is -0.258 e. The zero-order valence-electron chi connectivity index (χ0n) is 12.8. The molecule has 0 atom stereocenters. The fourth-order valence-electron chi connectivity index (χ4n) is 2.78. The van der Waals surface area contributed by atoms with Crippen LogP contribution in [-0.2, 0) is 0 Å². The Hall–Kier alpha value is -2.28. The number of hydrogen-bond donors (Lipinski definition) is 0. The number of nitro benzene ring substituents is 1. The smallest absolute Gasteiger partial charge is 0.258 e. The van der Waals surface area contributed by atoms with Crippen molar-refractivity contribution in [1.82, 2.24) is 14.8 Å². The molecule has 1 aromatic carbocycles. The molecule has 0 saturated carbocycles. The monoisotopic (exact) mass is 316 g/mol. The zero-order chi connectivity index (χ0) is 16.0. The van der Waals surface area contributed by atoms with Gasteiger partial charge in [-0.1, -0.05) is 25.2 Å². The van der Waals surface area contributed by atoms with Gasteiger partial charge in [0.15, 0.2) is 0 Å². The molecule has 0 bridgehead atoms. The molecule has 0 aliphatic heterocycles.